The first-order valence-corrected chi connectivity index (χ1v) is 12.8. The summed E-state index contributed by atoms with van der Waals surface area (Å²) in [5.41, 5.74) is 2.74. The van der Waals surface area contributed by atoms with Gasteiger partial charge in [0.2, 0.25) is 5.17 Å². The first-order chi connectivity index (χ1) is 18.5. The van der Waals surface area contributed by atoms with Crippen molar-refractivity contribution in [3.63, 3.8) is 0 Å². The molecule has 3 aromatic rings. The van der Waals surface area contributed by atoms with E-state index in [0.29, 0.717) is 50.0 Å². The van der Waals surface area contributed by atoms with Crippen LogP contribution in [0.3, 0.4) is 0 Å². The fraction of sp³-hybridized carbons (Fsp3) is 0.107. The molecule has 0 aliphatic carbocycles. The molecule has 38 heavy (non-hydrogen) atoms. The maximum absolute atomic E-state index is 12.9. The molecule has 8 nitrogen and oxygen atoms in total. The summed E-state index contributed by atoms with van der Waals surface area (Å²) >= 11 is 7.50. The van der Waals surface area contributed by atoms with Gasteiger partial charge >= 0.3 is 0 Å². The number of halogens is 1. The van der Waals surface area contributed by atoms with Crippen molar-refractivity contribution in [1.82, 2.24) is 5.01 Å². The number of benzene rings is 3. The zero-order chi connectivity index (χ0) is 26.6. The van der Waals surface area contributed by atoms with Crippen molar-refractivity contribution in [3.05, 3.63) is 99.6 Å². The highest BCUT2D eigenvalue weighted by Crippen LogP contribution is 2.34. The van der Waals surface area contributed by atoms with Crippen molar-refractivity contribution < 1.29 is 14.3 Å². The largest absolute Gasteiger partial charge is 0.490 e. The lowest BCUT2D eigenvalue weighted by Crippen LogP contribution is -2.35. The Morgan fingerprint density at radius 3 is 2.68 bits per heavy atom. The van der Waals surface area contributed by atoms with Crippen molar-refractivity contribution in [2.24, 2.45) is 10.1 Å². The molecule has 1 amide bonds. The first kappa shape index (κ1) is 25.3. The number of ether oxygens (including phenoxy) is 2. The van der Waals surface area contributed by atoms with Gasteiger partial charge in [-0.3, -0.25) is 10.2 Å². The molecule has 0 saturated heterocycles. The molecule has 5 rings (SSSR count). The lowest BCUT2D eigenvalue weighted by atomic mass is 10.1. The van der Waals surface area contributed by atoms with E-state index in [2.05, 4.69) is 16.2 Å². The molecule has 0 aromatic heterocycles. The number of hydrogen-bond acceptors (Lipinski definition) is 7. The number of carbonyl (C=O) groups is 1. The van der Waals surface area contributed by atoms with Gasteiger partial charge in [-0.05, 0) is 54.6 Å². The van der Waals surface area contributed by atoms with Gasteiger partial charge in [-0.15, -0.1) is 0 Å². The van der Waals surface area contributed by atoms with Gasteiger partial charge in [0, 0.05) is 11.1 Å². The van der Waals surface area contributed by atoms with Gasteiger partial charge < -0.3 is 9.47 Å². The topological polar surface area (TPSA) is 111 Å². The van der Waals surface area contributed by atoms with Crippen molar-refractivity contribution in [1.29, 1.82) is 10.7 Å². The number of nitrogens with one attached hydrogen (secondary N) is 1. The van der Waals surface area contributed by atoms with E-state index in [9.17, 15) is 10.1 Å². The molecular formula is C28H20ClN5O3S. The Kier molecular flexibility index (Phi) is 7.26. The summed E-state index contributed by atoms with van der Waals surface area (Å²) in [7, 11) is 0. The third-order valence-corrected chi connectivity index (χ3v) is 6.93. The number of nitriles is 1. The second-order valence-electron chi connectivity index (χ2n) is 8.10. The number of fused-ring (bicyclic) bond motifs is 1. The van der Waals surface area contributed by atoms with E-state index in [1.165, 1.54) is 16.8 Å². The second-order valence-corrected chi connectivity index (χ2v) is 9.46. The Morgan fingerprint density at radius 1 is 1.11 bits per heavy atom. The summed E-state index contributed by atoms with van der Waals surface area (Å²) in [6.07, 6.45) is 1.58. The Morgan fingerprint density at radius 2 is 1.89 bits per heavy atom. The van der Waals surface area contributed by atoms with E-state index in [1.807, 2.05) is 37.3 Å². The lowest BCUT2D eigenvalue weighted by Gasteiger charge is -2.20. The third kappa shape index (κ3) is 5.05. The molecule has 0 atom stereocenters. The van der Waals surface area contributed by atoms with Gasteiger partial charge in [-0.25, -0.2) is 0 Å². The highest BCUT2D eigenvalue weighted by Gasteiger charge is 2.36. The Labute approximate surface area is 228 Å². The molecule has 0 spiro atoms. The molecule has 0 fully saturated rings. The van der Waals surface area contributed by atoms with Crippen LogP contribution >= 0.6 is 23.4 Å². The molecule has 0 radical (unpaired) electrons. The zero-order valence-corrected chi connectivity index (χ0v) is 21.7. The predicted octanol–water partition coefficient (Wildman–Crippen LogP) is 5.86. The number of nitrogens with zero attached hydrogens (tertiary/aromatic N) is 4. The number of carbonyl (C=O) groups excluding carboxylic acids is 1. The van der Waals surface area contributed by atoms with E-state index in [4.69, 9.17) is 26.5 Å². The van der Waals surface area contributed by atoms with Crippen LogP contribution in [0.4, 0.5) is 0 Å². The summed E-state index contributed by atoms with van der Waals surface area (Å²) < 4.78 is 11.7. The van der Waals surface area contributed by atoms with Gasteiger partial charge in [0.15, 0.2) is 17.3 Å². The molecule has 2 aliphatic heterocycles. The summed E-state index contributed by atoms with van der Waals surface area (Å²) in [4.78, 5) is 17.0. The molecule has 2 heterocycles. The Bertz CT molecular complexity index is 1590. The lowest BCUT2D eigenvalue weighted by molar-refractivity contribution is -0.114. The number of hydrazone groups is 1. The average molecular weight is 542 g/mol. The predicted molar refractivity (Wildman–Crippen MR) is 149 cm³/mol. The van der Waals surface area contributed by atoms with Crippen LogP contribution in [0.1, 0.15) is 29.2 Å². The van der Waals surface area contributed by atoms with Crippen LogP contribution in [-0.2, 0) is 11.4 Å². The van der Waals surface area contributed by atoms with E-state index in [-0.39, 0.29) is 18.0 Å². The maximum atomic E-state index is 12.9. The number of hydrogen-bond donors (Lipinski definition) is 1. The normalized spacial score (nSPS) is 15.6. The number of amidine groups is 2. The van der Waals surface area contributed by atoms with E-state index >= 15 is 0 Å². The van der Waals surface area contributed by atoms with Gasteiger partial charge in [-0.2, -0.15) is 20.4 Å². The molecule has 3 aromatic carbocycles. The smallest absolute Gasteiger partial charge is 0.283 e. The van der Waals surface area contributed by atoms with Crippen LogP contribution in [0.25, 0.3) is 6.08 Å². The van der Waals surface area contributed by atoms with Crippen molar-refractivity contribution in [2.75, 3.05) is 6.61 Å². The van der Waals surface area contributed by atoms with Gasteiger partial charge in [0.1, 0.15) is 11.7 Å². The average Bonchev–Trinajstić information content (AvgIpc) is 3.35. The minimum absolute atomic E-state index is 0.0825. The third-order valence-electron chi connectivity index (χ3n) is 5.66. The first-order valence-electron chi connectivity index (χ1n) is 11.6. The highest BCUT2D eigenvalue weighted by molar-refractivity contribution is 8.27. The quantitative estimate of drug-likeness (QED) is 0.375. The van der Waals surface area contributed by atoms with Crippen LogP contribution in [0.2, 0.25) is 5.02 Å². The van der Waals surface area contributed by atoms with E-state index in [1.54, 1.807) is 42.5 Å². The standard InChI is InChI=1S/C28H20ClN5O3S/c1-2-36-24-14-17(11-12-23(24)37-16-19-8-4-3-7-18(19)15-30)13-21-25(31)34-28(32-26(21)35)38-27(33-34)20-9-5-6-10-22(20)29/h3-14,31H,2,16H2,1H3/b21-13-,31-25?. The monoisotopic (exact) mass is 541 g/mol. The van der Waals surface area contributed by atoms with Crippen LogP contribution < -0.4 is 9.47 Å². The van der Waals surface area contributed by atoms with Gasteiger partial charge in [0.25, 0.3) is 5.91 Å². The zero-order valence-electron chi connectivity index (χ0n) is 20.1. The minimum atomic E-state index is -0.532. The van der Waals surface area contributed by atoms with Crippen LogP contribution in [0.5, 0.6) is 11.5 Å². The molecule has 1 N–H and O–H groups in total. The van der Waals surface area contributed by atoms with Crippen LogP contribution in [0.15, 0.2) is 82.4 Å². The fourth-order valence-electron chi connectivity index (χ4n) is 3.81. The van der Waals surface area contributed by atoms with E-state index < -0.39 is 5.91 Å². The van der Waals surface area contributed by atoms with Crippen LogP contribution in [-0.4, -0.2) is 33.6 Å². The molecule has 2 aliphatic rings. The summed E-state index contributed by atoms with van der Waals surface area (Å²) in [6.45, 7) is 2.46. The minimum Gasteiger partial charge on any atom is -0.490 e. The summed E-state index contributed by atoms with van der Waals surface area (Å²) in [6, 6.07) is 21.9. The molecule has 188 valence electrons. The Balaban J connectivity index is 1.40. The van der Waals surface area contributed by atoms with Crippen LogP contribution in [0, 0.1) is 16.7 Å². The van der Waals surface area contributed by atoms with Crippen molar-refractivity contribution >= 4 is 51.4 Å². The van der Waals surface area contributed by atoms with Gasteiger partial charge in [0.05, 0.1) is 28.8 Å². The van der Waals surface area contributed by atoms with Gasteiger partial charge in [-0.1, -0.05) is 54.1 Å². The molecule has 0 bridgehead atoms. The second kappa shape index (κ2) is 10.9. The summed E-state index contributed by atoms with van der Waals surface area (Å²) in [5, 5.41) is 25.2. The number of rotatable bonds is 7. The van der Waals surface area contributed by atoms with Crippen molar-refractivity contribution in [3.8, 4) is 17.6 Å². The summed E-state index contributed by atoms with van der Waals surface area (Å²) in [5.74, 6) is 0.361. The van der Waals surface area contributed by atoms with Crippen molar-refractivity contribution in [2.45, 2.75) is 13.5 Å². The number of amides is 1. The number of thioether (sulfide) groups is 1. The molecule has 0 saturated carbocycles. The molecule has 0 unspecified atom stereocenters. The maximum Gasteiger partial charge on any atom is 0.283 e. The SMILES string of the molecule is CCOc1cc(/C=C2/C(=N)N3N=C(c4ccccc4Cl)SC3=NC2=O)ccc1OCc1ccccc1C#N. The van der Waals surface area contributed by atoms with E-state index in [0.717, 1.165) is 5.56 Å². The number of aliphatic imine (C=N–C) groups is 1. The highest BCUT2D eigenvalue weighted by atomic mass is 35.5. The molecule has 10 heteroatoms. The fourth-order valence-corrected chi connectivity index (χ4v) is 5.03. The Hall–Kier alpha value is -4.39. The molecular weight excluding hydrogens is 522 g/mol.